The molecule has 0 heterocycles. The van der Waals surface area contributed by atoms with Gasteiger partial charge in [-0.25, -0.2) is 0 Å². The second-order valence-electron chi connectivity index (χ2n) is 1.69. The van der Waals surface area contributed by atoms with E-state index in [4.69, 9.17) is 9.96 Å². The lowest BCUT2D eigenvalue weighted by Crippen LogP contribution is -1.98. The number of hydrogen-bond acceptors (Lipinski definition) is 3. The predicted molar refractivity (Wildman–Crippen MR) is 43.2 cm³/mol. The van der Waals surface area contributed by atoms with Crippen molar-refractivity contribution in [1.82, 2.24) is 0 Å². The molecular formula is C6H9NO3S. The Labute approximate surface area is 65.5 Å². The zero-order chi connectivity index (χ0) is 8.91. The summed E-state index contributed by atoms with van der Waals surface area (Å²) in [6.45, 7) is 1.48. The van der Waals surface area contributed by atoms with Crippen molar-refractivity contribution in [3.63, 3.8) is 0 Å². The first-order chi connectivity index (χ1) is 5.02. The molecule has 0 spiro atoms. The fraction of sp³-hybridized carbons (Fsp3) is 0.167. The van der Waals surface area contributed by atoms with Crippen LogP contribution in [0.1, 0.15) is 6.92 Å². The van der Waals surface area contributed by atoms with E-state index in [-0.39, 0.29) is 4.91 Å². The van der Waals surface area contributed by atoms with Crippen LogP contribution in [0.4, 0.5) is 0 Å². The van der Waals surface area contributed by atoms with E-state index in [2.05, 4.69) is 0 Å². The molecule has 0 bridgehead atoms. The largest absolute Gasteiger partial charge is 0.309 e. The van der Waals surface area contributed by atoms with Gasteiger partial charge in [0, 0.05) is 6.21 Å². The van der Waals surface area contributed by atoms with E-state index in [1.165, 1.54) is 19.1 Å². The maximum absolute atomic E-state index is 10.4. The first kappa shape index (κ1) is 10.1. The summed E-state index contributed by atoms with van der Waals surface area (Å²) >= 11 is 0. The minimum Gasteiger partial charge on any atom is -0.309 e. The van der Waals surface area contributed by atoms with Crippen molar-refractivity contribution in [2.24, 2.45) is 0 Å². The molecule has 0 aliphatic carbocycles. The van der Waals surface area contributed by atoms with Gasteiger partial charge < -0.3 is 5.41 Å². The van der Waals surface area contributed by atoms with Gasteiger partial charge in [-0.1, -0.05) is 6.08 Å². The van der Waals surface area contributed by atoms with Crippen molar-refractivity contribution in [2.45, 2.75) is 6.92 Å². The highest BCUT2D eigenvalue weighted by molar-refractivity contribution is 7.90. The lowest BCUT2D eigenvalue weighted by molar-refractivity contribution is 0.492. The molecule has 0 saturated heterocycles. The molecule has 62 valence electrons. The van der Waals surface area contributed by atoms with Crippen molar-refractivity contribution in [1.29, 1.82) is 5.41 Å². The highest BCUT2D eigenvalue weighted by Gasteiger charge is 2.07. The van der Waals surface area contributed by atoms with Crippen LogP contribution in [0.25, 0.3) is 0 Å². The average Bonchev–Trinajstić information content (AvgIpc) is 1.87. The van der Waals surface area contributed by atoms with E-state index in [9.17, 15) is 8.42 Å². The Morgan fingerprint density at radius 1 is 1.55 bits per heavy atom. The van der Waals surface area contributed by atoms with E-state index >= 15 is 0 Å². The summed E-state index contributed by atoms with van der Waals surface area (Å²) in [5, 5.41) is 6.56. The summed E-state index contributed by atoms with van der Waals surface area (Å²) in [7, 11) is -4.12. The molecular weight excluding hydrogens is 166 g/mol. The number of nitrogens with one attached hydrogen (secondary N) is 1. The number of allylic oxidation sites excluding steroid dienone is 3. The number of rotatable bonds is 3. The van der Waals surface area contributed by atoms with Crippen LogP contribution in [-0.4, -0.2) is 19.2 Å². The summed E-state index contributed by atoms with van der Waals surface area (Å²) in [6, 6.07) is 0. The van der Waals surface area contributed by atoms with Crippen LogP contribution >= 0.6 is 0 Å². The van der Waals surface area contributed by atoms with E-state index in [0.717, 1.165) is 12.3 Å². The molecule has 0 amide bonds. The SMILES string of the molecule is C/C=C(\C=C/C=N)S(=O)(=O)O. The average molecular weight is 175 g/mol. The maximum Gasteiger partial charge on any atom is 0.294 e. The van der Waals surface area contributed by atoms with Gasteiger partial charge in [-0.2, -0.15) is 8.42 Å². The van der Waals surface area contributed by atoms with Crippen molar-refractivity contribution >= 4 is 16.3 Å². The molecule has 2 N–H and O–H groups in total. The molecule has 5 heteroatoms. The second kappa shape index (κ2) is 4.05. The molecule has 0 saturated carbocycles. The fourth-order valence-corrected chi connectivity index (χ4v) is 1.02. The van der Waals surface area contributed by atoms with Gasteiger partial charge >= 0.3 is 0 Å². The van der Waals surface area contributed by atoms with E-state index in [1.54, 1.807) is 0 Å². The Hall–Kier alpha value is -0.940. The lowest BCUT2D eigenvalue weighted by atomic mass is 10.4. The van der Waals surface area contributed by atoms with Gasteiger partial charge in [-0.05, 0) is 19.1 Å². The normalized spacial score (nSPS) is 13.8. The van der Waals surface area contributed by atoms with Crippen molar-refractivity contribution in [3.8, 4) is 0 Å². The lowest BCUT2D eigenvalue weighted by Gasteiger charge is -1.92. The topological polar surface area (TPSA) is 78.2 Å². The van der Waals surface area contributed by atoms with Crippen LogP contribution in [0.3, 0.4) is 0 Å². The Morgan fingerprint density at radius 2 is 2.09 bits per heavy atom. The van der Waals surface area contributed by atoms with Gasteiger partial charge in [-0.3, -0.25) is 4.55 Å². The molecule has 0 aromatic carbocycles. The molecule has 11 heavy (non-hydrogen) atoms. The van der Waals surface area contributed by atoms with Gasteiger partial charge in [0.2, 0.25) is 0 Å². The first-order valence-corrected chi connectivity index (χ1v) is 4.27. The van der Waals surface area contributed by atoms with Crippen LogP contribution in [0.5, 0.6) is 0 Å². The monoisotopic (exact) mass is 175 g/mol. The molecule has 0 aliphatic rings. The minimum atomic E-state index is -4.12. The van der Waals surface area contributed by atoms with E-state index in [0.29, 0.717) is 0 Å². The molecule has 0 unspecified atom stereocenters. The summed E-state index contributed by atoms with van der Waals surface area (Å²) in [5.74, 6) is 0. The van der Waals surface area contributed by atoms with Crippen molar-refractivity contribution < 1.29 is 13.0 Å². The van der Waals surface area contributed by atoms with Crippen LogP contribution in [0.2, 0.25) is 0 Å². The predicted octanol–water partition coefficient (Wildman–Crippen LogP) is 0.984. The molecule has 0 fully saturated rings. The minimum absolute atomic E-state index is 0.207. The molecule has 4 nitrogen and oxygen atoms in total. The van der Waals surface area contributed by atoms with Crippen LogP contribution in [0.15, 0.2) is 23.1 Å². The van der Waals surface area contributed by atoms with Crippen LogP contribution < -0.4 is 0 Å². The van der Waals surface area contributed by atoms with Gasteiger partial charge in [0.15, 0.2) is 0 Å². The van der Waals surface area contributed by atoms with E-state index < -0.39 is 10.1 Å². The zero-order valence-electron chi connectivity index (χ0n) is 5.98. The Bertz CT molecular complexity index is 287. The fourth-order valence-electron chi connectivity index (χ4n) is 0.474. The quantitative estimate of drug-likeness (QED) is 0.381. The molecule has 0 rings (SSSR count). The zero-order valence-corrected chi connectivity index (χ0v) is 6.80. The smallest absolute Gasteiger partial charge is 0.294 e. The second-order valence-corrected chi connectivity index (χ2v) is 3.11. The Balaban J connectivity index is 4.74. The van der Waals surface area contributed by atoms with E-state index in [1.807, 2.05) is 0 Å². The summed E-state index contributed by atoms with van der Waals surface area (Å²) < 4.78 is 29.3. The highest BCUT2D eigenvalue weighted by atomic mass is 32.2. The van der Waals surface area contributed by atoms with Gasteiger partial charge in [-0.15, -0.1) is 0 Å². The molecule has 0 radical (unpaired) electrons. The Kier molecular flexibility index (Phi) is 3.70. The molecule has 0 atom stereocenters. The molecule has 0 aromatic rings. The standard InChI is InChI=1S/C6H9NO3S/c1-2-6(4-3-5-7)11(8,9)10/h2-5,7H,1H3,(H,8,9,10)/b4-3-,6-2+,7-5?. The molecule has 0 aliphatic heterocycles. The van der Waals surface area contributed by atoms with Gasteiger partial charge in [0.25, 0.3) is 10.1 Å². The van der Waals surface area contributed by atoms with Crippen molar-refractivity contribution in [2.75, 3.05) is 0 Å². The Morgan fingerprint density at radius 3 is 2.36 bits per heavy atom. The first-order valence-electron chi connectivity index (χ1n) is 2.83. The number of hydrogen-bond donors (Lipinski definition) is 2. The van der Waals surface area contributed by atoms with Crippen LogP contribution in [-0.2, 0) is 10.1 Å². The van der Waals surface area contributed by atoms with Gasteiger partial charge in [0.1, 0.15) is 0 Å². The molecule has 0 aromatic heterocycles. The maximum atomic E-state index is 10.4. The summed E-state index contributed by atoms with van der Waals surface area (Å²) in [4.78, 5) is -0.207. The summed E-state index contributed by atoms with van der Waals surface area (Å²) in [5.41, 5.74) is 0. The third kappa shape index (κ3) is 3.69. The van der Waals surface area contributed by atoms with Gasteiger partial charge in [0.05, 0.1) is 4.91 Å². The third-order valence-corrected chi connectivity index (χ3v) is 1.91. The summed E-state index contributed by atoms with van der Waals surface area (Å²) in [6.07, 6.45) is 4.52. The highest BCUT2D eigenvalue weighted by Crippen LogP contribution is 2.04. The van der Waals surface area contributed by atoms with Crippen LogP contribution in [0, 0.1) is 5.41 Å². The third-order valence-electron chi connectivity index (χ3n) is 0.939. The van der Waals surface area contributed by atoms with Crippen molar-refractivity contribution in [3.05, 3.63) is 23.1 Å².